The highest BCUT2D eigenvalue weighted by atomic mass is 127. The Labute approximate surface area is 111 Å². The van der Waals surface area contributed by atoms with E-state index in [1.54, 1.807) is 0 Å². The lowest BCUT2D eigenvalue weighted by molar-refractivity contribution is -0.141. The van der Waals surface area contributed by atoms with Crippen LogP contribution in [0, 0.1) is 0 Å². The normalized spacial score (nSPS) is 8.29. The molecule has 0 unspecified atom stereocenters. The number of esters is 2. The Bertz CT molecular complexity index is 143. The highest BCUT2D eigenvalue weighted by Gasteiger charge is 1.86. The second kappa shape index (κ2) is 13.4. The third-order valence-corrected chi connectivity index (χ3v) is 1.65. The van der Waals surface area contributed by atoms with E-state index < -0.39 is 0 Å². The molecule has 0 saturated heterocycles. The van der Waals surface area contributed by atoms with Gasteiger partial charge in [0.15, 0.2) is 0 Å². The molecule has 84 valence electrons. The SMILES string of the molecule is CC(=O)OCCI.CC(=O)OCCI. The van der Waals surface area contributed by atoms with Crippen LogP contribution in [-0.4, -0.2) is 34.0 Å². The zero-order chi connectivity index (χ0) is 11.4. The molecule has 0 aliphatic rings. The molecule has 0 radical (unpaired) electrons. The number of hydrogen-bond acceptors (Lipinski definition) is 4. The zero-order valence-electron chi connectivity index (χ0n) is 8.22. The van der Waals surface area contributed by atoms with Crippen molar-refractivity contribution in [3.05, 3.63) is 0 Å². The molecule has 0 aromatic heterocycles. The Morgan fingerprint density at radius 1 is 0.929 bits per heavy atom. The van der Waals surface area contributed by atoms with Gasteiger partial charge >= 0.3 is 11.9 Å². The van der Waals surface area contributed by atoms with Crippen molar-refractivity contribution in [3.8, 4) is 0 Å². The van der Waals surface area contributed by atoms with Crippen molar-refractivity contribution in [3.63, 3.8) is 0 Å². The minimum atomic E-state index is -0.198. The van der Waals surface area contributed by atoms with Crippen molar-refractivity contribution in [2.75, 3.05) is 22.1 Å². The summed E-state index contributed by atoms with van der Waals surface area (Å²) in [5.74, 6) is -0.395. The first kappa shape index (κ1) is 16.8. The van der Waals surface area contributed by atoms with Crippen LogP contribution in [0.5, 0.6) is 0 Å². The fourth-order valence-electron chi connectivity index (χ4n) is 0.365. The van der Waals surface area contributed by atoms with Gasteiger partial charge in [0, 0.05) is 22.7 Å². The molecule has 6 heteroatoms. The van der Waals surface area contributed by atoms with Crippen molar-refractivity contribution in [1.29, 1.82) is 0 Å². The summed E-state index contributed by atoms with van der Waals surface area (Å²) in [6, 6.07) is 0. The Morgan fingerprint density at radius 2 is 1.21 bits per heavy atom. The molecule has 0 heterocycles. The average molecular weight is 428 g/mol. The summed E-state index contributed by atoms with van der Waals surface area (Å²) in [6.45, 7) is 3.89. The lowest BCUT2D eigenvalue weighted by Gasteiger charge is -1.93. The van der Waals surface area contributed by atoms with Crippen LogP contribution in [0.2, 0.25) is 0 Å². The molecule has 0 aromatic rings. The fraction of sp³-hybridized carbons (Fsp3) is 0.750. The average Bonchev–Trinajstić information content (AvgIpc) is 2.12. The van der Waals surface area contributed by atoms with Crippen LogP contribution in [0.3, 0.4) is 0 Å². The topological polar surface area (TPSA) is 52.6 Å². The lowest BCUT2D eigenvalue weighted by Crippen LogP contribution is -2.00. The van der Waals surface area contributed by atoms with Gasteiger partial charge in [-0.05, 0) is 0 Å². The smallest absolute Gasteiger partial charge is 0.302 e. The molecule has 0 N–H and O–H groups in total. The Balaban J connectivity index is 0. The van der Waals surface area contributed by atoms with Gasteiger partial charge in [-0.1, -0.05) is 45.2 Å². The second-order valence-corrected chi connectivity index (χ2v) is 4.22. The summed E-state index contributed by atoms with van der Waals surface area (Å²) < 4.78 is 10.8. The lowest BCUT2D eigenvalue weighted by atomic mass is 10.8. The molecule has 0 saturated carbocycles. The highest BCUT2D eigenvalue weighted by molar-refractivity contribution is 14.1. The van der Waals surface area contributed by atoms with Gasteiger partial charge < -0.3 is 9.47 Å². The van der Waals surface area contributed by atoms with Gasteiger partial charge in [-0.3, -0.25) is 9.59 Å². The number of carbonyl (C=O) groups excluding carboxylic acids is 2. The van der Waals surface area contributed by atoms with Crippen LogP contribution in [0.1, 0.15) is 13.8 Å². The molecule has 0 bridgehead atoms. The Morgan fingerprint density at radius 3 is 1.29 bits per heavy atom. The molecule has 0 aliphatic carbocycles. The zero-order valence-corrected chi connectivity index (χ0v) is 12.5. The summed E-state index contributed by atoms with van der Waals surface area (Å²) in [5, 5.41) is 0. The molecule has 0 spiro atoms. The predicted octanol–water partition coefficient (Wildman–Crippen LogP) is 1.97. The molecule has 14 heavy (non-hydrogen) atoms. The molecule has 0 rings (SSSR count). The van der Waals surface area contributed by atoms with Crippen molar-refractivity contribution >= 4 is 57.1 Å². The van der Waals surface area contributed by atoms with Crippen LogP contribution < -0.4 is 0 Å². The second-order valence-electron chi connectivity index (χ2n) is 2.06. The van der Waals surface area contributed by atoms with E-state index in [2.05, 4.69) is 54.7 Å². The Hall–Kier alpha value is 0.400. The van der Waals surface area contributed by atoms with Crippen LogP contribution in [-0.2, 0) is 19.1 Å². The van der Waals surface area contributed by atoms with E-state index >= 15 is 0 Å². The molecule has 0 fully saturated rings. The van der Waals surface area contributed by atoms with E-state index in [0.717, 1.165) is 8.86 Å². The predicted molar refractivity (Wildman–Crippen MR) is 71.0 cm³/mol. The van der Waals surface area contributed by atoms with Gasteiger partial charge in [-0.15, -0.1) is 0 Å². The first-order valence-corrected chi connectivity index (χ1v) is 6.98. The van der Waals surface area contributed by atoms with Gasteiger partial charge in [0.25, 0.3) is 0 Å². The number of hydrogen-bond donors (Lipinski definition) is 0. The third kappa shape index (κ3) is 22.8. The van der Waals surface area contributed by atoms with Crippen LogP contribution in [0.4, 0.5) is 0 Å². The monoisotopic (exact) mass is 428 g/mol. The standard InChI is InChI=1S/2C4H7IO2/c2*1-4(6)7-3-2-5/h2*2-3H2,1H3. The largest absolute Gasteiger partial charge is 0.465 e. The number of ether oxygens (including phenoxy) is 2. The van der Waals surface area contributed by atoms with E-state index in [1.165, 1.54) is 13.8 Å². The maximum absolute atomic E-state index is 9.98. The van der Waals surface area contributed by atoms with Gasteiger partial charge in [-0.2, -0.15) is 0 Å². The number of halogens is 2. The third-order valence-electron chi connectivity index (χ3n) is 0.765. The van der Waals surface area contributed by atoms with E-state index in [1.807, 2.05) is 0 Å². The molecule has 0 atom stereocenters. The maximum Gasteiger partial charge on any atom is 0.302 e. The van der Waals surface area contributed by atoms with E-state index in [0.29, 0.717) is 13.2 Å². The first-order chi connectivity index (χ1) is 6.54. The molecule has 0 amide bonds. The quantitative estimate of drug-likeness (QED) is 0.391. The molecular weight excluding hydrogens is 414 g/mol. The summed E-state index contributed by atoms with van der Waals surface area (Å²) in [7, 11) is 0. The number of alkyl halides is 2. The van der Waals surface area contributed by atoms with Gasteiger partial charge in [0.05, 0.1) is 0 Å². The van der Waals surface area contributed by atoms with Crippen LogP contribution in [0.25, 0.3) is 0 Å². The molecule has 0 aromatic carbocycles. The van der Waals surface area contributed by atoms with E-state index in [-0.39, 0.29) is 11.9 Å². The van der Waals surface area contributed by atoms with E-state index in [9.17, 15) is 9.59 Å². The van der Waals surface area contributed by atoms with Gasteiger partial charge in [0.1, 0.15) is 13.2 Å². The minimum absolute atomic E-state index is 0.198. The molecular formula is C8H14I2O4. The summed E-state index contributed by atoms with van der Waals surface area (Å²) in [5.41, 5.74) is 0. The van der Waals surface area contributed by atoms with Crippen molar-refractivity contribution in [1.82, 2.24) is 0 Å². The summed E-state index contributed by atoms with van der Waals surface area (Å²) in [6.07, 6.45) is 0. The van der Waals surface area contributed by atoms with Crippen molar-refractivity contribution < 1.29 is 19.1 Å². The molecule has 0 aliphatic heterocycles. The summed E-state index contributed by atoms with van der Waals surface area (Å²) >= 11 is 4.29. The highest BCUT2D eigenvalue weighted by Crippen LogP contribution is 1.82. The van der Waals surface area contributed by atoms with E-state index in [4.69, 9.17) is 0 Å². The summed E-state index contributed by atoms with van der Waals surface area (Å²) in [4.78, 5) is 20.0. The van der Waals surface area contributed by atoms with Gasteiger partial charge in [0.2, 0.25) is 0 Å². The first-order valence-electron chi connectivity index (χ1n) is 3.93. The van der Waals surface area contributed by atoms with Crippen LogP contribution >= 0.6 is 45.2 Å². The van der Waals surface area contributed by atoms with Gasteiger partial charge in [-0.25, -0.2) is 0 Å². The maximum atomic E-state index is 9.98. The van der Waals surface area contributed by atoms with Crippen molar-refractivity contribution in [2.24, 2.45) is 0 Å². The fourth-order valence-corrected chi connectivity index (χ4v) is 0.805. The molecule has 4 nitrogen and oxygen atoms in total. The van der Waals surface area contributed by atoms with Crippen molar-refractivity contribution in [2.45, 2.75) is 13.8 Å². The number of rotatable bonds is 4. The number of carbonyl (C=O) groups is 2. The minimum Gasteiger partial charge on any atom is -0.465 e. The Kier molecular flexibility index (Phi) is 16.1. The van der Waals surface area contributed by atoms with Crippen LogP contribution in [0.15, 0.2) is 0 Å².